The Bertz CT molecular complexity index is 644. The molecule has 5 heteroatoms. The fraction of sp³-hybridized carbons (Fsp3) is 0.316. The molecular weight excluding hydrogens is 340 g/mol. The number of thioether (sulfide) groups is 1. The number of halogens is 1. The van der Waals surface area contributed by atoms with Gasteiger partial charge in [-0.3, -0.25) is 4.79 Å². The van der Waals surface area contributed by atoms with Crippen molar-refractivity contribution >= 4 is 30.1 Å². The van der Waals surface area contributed by atoms with Gasteiger partial charge in [0.1, 0.15) is 0 Å². The molecule has 3 nitrogen and oxygen atoms in total. The normalized spacial score (nSPS) is 14.5. The second kappa shape index (κ2) is 9.11. The predicted molar refractivity (Wildman–Crippen MR) is 103 cm³/mol. The third-order valence-corrected chi connectivity index (χ3v) is 5.21. The Morgan fingerprint density at radius 2 is 1.79 bits per heavy atom. The van der Waals surface area contributed by atoms with E-state index in [4.69, 9.17) is 5.73 Å². The SMILES string of the molecule is Cl.NCC(NC(=O)c1ccc(CSc2ccccc2)cc1)C1CC1. The lowest BCUT2D eigenvalue weighted by Crippen LogP contribution is -2.41. The molecule has 0 aliphatic heterocycles. The summed E-state index contributed by atoms with van der Waals surface area (Å²) >= 11 is 1.80. The van der Waals surface area contributed by atoms with Crippen LogP contribution in [0.25, 0.3) is 0 Å². The maximum Gasteiger partial charge on any atom is 0.251 e. The predicted octanol–water partition coefficient (Wildman–Crippen LogP) is 3.87. The molecule has 3 N–H and O–H groups in total. The molecule has 2 aromatic carbocycles. The quantitative estimate of drug-likeness (QED) is 0.735. The van der Waals surface area contributed by atoms with E-state index in [0.29, 0.717) is 18.0 Å². The summed E-state index contributed by atoms with van der Waals surface area (Å²) in [6, 6.07) is 18.3. The number of rotatable bonds is 7. The van der Waals surface area contributed by atoms with Crippen molar-refractivity contribution in [3.63, 3.8) is 0 Å². The fourth-order valence-electron chi connectivity index (χ4n) is 2.56. The van der Waals surface area contributed by atoms with Crippen molar-refractivity contribution in [3.05, 3.63) is 65.7 Å². The molecule has 0 bridgehead atoms. The second-order valence-electron chi connectivity index (χ2n) is 5.95. The highest BCUT2D eigenvalue weighted by Crippen LogP contribution is 2.32. The van der Waals surface area contributed by atoms with E-state index >= 15 is 0 Å². The number of nitrogens with one attached hydrogen (secondary N) is 1. The van der Waals surface area contributed by atoms with Crippen LogP contribution in [0, 0.1) is 5.92 Å². The number of nitrogens with two attached hydrogens (primary N) is 1. The van der Waals surface area contributed by atoms with Gasteiger partial charge in [0.2, 0.25) is 0 Å². The molecule has 1 aliphatic carbocycles. The summed E-state index contributed by atoms with van der Waals surface area (Å²) in [5.74, 6) is 1.46. The molecule has 0 saturated heterocycles. The van der Waals surface area contributed by atoms with Crippen LogP contribution in [0.1, 0.15) is 28.8 Å². The molecule has 1 aliphatic rings. The summed E-state index contributed by atoms with van der Waals surface area (Å²) in [5.41, 5.74) is 7.66. The van der Waals surface area contributed by atoms with Crippen LogP contribution in [-0.2, 0) is 5.75 Å². The Hall–Kier alpha value is -1.49. The van der Waals surface area contributed by atoms with E-state index in [1.54, 1.807) is 11.8 Å². The highest BCUT2D eigenvalue weighted by atomic mass is 35.5. The first-order valence-corrected chi connectivity index (χ1v) is 9.02. The van der Waals surface area contributed by atoms with Crippen LogP contribution in [0.5, 0.6) is 0 Å². The smallest absolute Gasteiger partial charge is 0.251 e. The molecule has 0 heterocycles. The van der Waals surface area contributed by atoms with Crippen molar-refractivity contribution in [1.29, 1.82) is 0 Å². The van der Waals surface area contributed by atoms with E-state index < -0.39 is 0 Å². The second-order valence-corrected chi connectivity index (χ2v) is 7.00. The zero-order valence-electron chi connectivity index (χ0n) is 13.5. The molecule has 1 fully saturated rings. The number of hydrogen-bond donors (Lipinski definition) is 2. The molecule has 1 atom stereocenters. The van der Waals surface area contributed by atoms with Crippen LogP contribution in [-0.4, -0.2) is 18.5 Å². The lowest BCUT2D eigenvalue weighted by molar-refractivity contribution is 0.0933. The Morgan fingerprint density at radius 1 is 1.12 bits per heavy atom. The number of amides is 1. The zero-order chi connectivity index (χ0) is 16.1. The minimum atomic E-state index is -0.0189. The molecule has 0 radical (unpaired) electrons. The van der Waals surface area contributed by atoms with Gasteiger partial charge in [-0.2, -0.15) is 0 Å². The summed E-state index contributed by atoms with van der Waals surface area (Å²) in [6.07, 6.45) is 2.36. The Labute approximate surface area is 153 Å². The summed E-state index contributed by atoms with van der Waals surface area (Å²) in [4.78, 5) is 13.5. The van der Waals surface area contributed by atoms with Crippen LogP contribution in [0.2, 0.25) is 0 Å². The summed E-state index contributed by atoms with van der Waals surface area (Å²) in [6.45, 7) is 0.516. The number of carbonyl (C=O) groups is 1. The minimum Gasteiger partial charge on any atom is -0.348 e. The van der Waals surface area contributed by atoms with Crippen LogP contribution in [0.15, 0.2) is 59.5 Å². The van der Waals surface area contributed by atoms with E-state index in [1.165, 1.54) is 23.3 Å². The maximum absolute atomic E-state index is 12.3. The third kappa shape index (κ3) is 5.26. The van der Waals surface area contributed by atoms with Crippen molar-refractivity contribution in [2.45, 2.75) is 29.5 Å². The lowest BCUT2D eigenvalue weighted by atomic mass is 10.1. The van der Waals surface area contributed by atoms with Crippen molar-refractivity contribution in [1.82, 2.24) is 5.32 Å². The monoisotopic (exact) mass is 362 g/mol. The van der Waals surface area contributed by atoms with Gasteiger partial charge in [0.05, 0.1) is 0 Å². The third-order valence-electron chi connectivity index (χ3n) is 4.13. The molecule has 3 rings (SSSR count). The van der Waals surface area contributed by atoms with Crippen LogP contribution in [0.4, 0.5) is 0 Å². The van der Waals surface area contributed by atoms with Crippen LogP contribution < -0.4 is 11.1 Å². The van der Waals surface area contributed by atoms with Crippen LogP contribution >= 0.6 is 24.2 Å². The number of carbonyl (C=O) groups excluding carboxylic acids is 1. The zero-order valence-corrected chi connectivity index (χ0v) is 15.1. The molecule has 1 saturated carbocycles. The first-order valence-electron chi connectivity index (χ1n) is 8.04. The van der Waals surface area contributed by atoms with Gasteiger partial charge in [0.15, 0.2) is 0 Å². The first-order chi connectivity index (χ1) is 11.3. The van der Waals surface area contributed by atoms with Gasteiger partial charge < -0.3 is 11.1 Å². The van der Waals surface area contributed by atoms with E-state index in [0.717, 1.165) is 5.75 Å². The first kappa shape index (κ1) is 18.8. The van der Waals surface area contributed by atoms with Gasteiger partial charge in [0.25, 0.3) is 5.91 Å². The molecule has 24 heavy (non-hydrogen) atoms. The fourth-order valence-corrected chi connectivity index (χ4v) is 3.43. The standard InChI is InChI=1S/C19H22N2OS.ClH/c20-12-18(15-10-11-15)21-19(22)16-8-6-14(7-9-16)13-23-17-4-2-1-3-5-17;/h1-9,15,18H,10-13,20H2,(H,21,22);1H. The summed E-state index contributed by atoms with van der Waals surface area (Å²) in [5, 5.41) is 3.05. The van der Waals surface area contributed by atoms with Crippen molar-refractivity contribution in [2.75, 3.05) is 6.54 Å². The van der Waals surface area contributed by atoms with E-state index in [1.807, 2.05) is 42.5 Å². The van der Waals surface area contributed by atoms with Crippen molar-refractivity contribution in [3.8, 4) is 0 Å². The Kier molecular flexibility index (Phi) is 7.16. The summed E-state index contributed by atoms with van der Waals surface area (Å²) < 4.78 is 0. The Balaban J connectivity index is 0.00000208. The van der Waals surface area contributed by atoms with Gasteiger partial charge in [-0.05, 0) is 48.6 Å². The lowest BCUT2D eigenvalue weighted by Gasteiger charge is -2.16. The van der Waals surface area contributed by atoms with Gasteiger partial charge in [0, 0.05) is 28.8 Å². The average molecular weight is 363 g/mol. The van der Waals surface area contributed by atoms with Gasteiger partial charge in [-0.15, -0.1) is 24.2 Å². The highest BCUT2D eigenvalue weighted by Gasteiger charge is 2.31. The van der Waals surface area contributed by atoms with Crippen molar-refractivity contribution in [2.24, 2.45) is 11.7 Å². The number of hydrogen-bond acceptors (Lipinski definition) is 3. The average Bonchev–Trinajstić information content (AvgIpc) is 3.44. The largest absolute Gasteiger partial charge is 0.348 e. The highest BCUT2D eigenvalue weighted by molar-refractivity contribution is 7.98. The topological polar surface area (TPSA) is 55.1 Å². The molecule has 2 aromatic rings. The van der Waals surface area contributed by atoms with Gasteiger partial charge in [-0.25, -0.2) is 0 Å². The van der Waals surface area contributed by atoms with Gasteiger partial charge >= 0.3 is 0 Å². The molecule has 128 valence electrons. The molecule has 1 unspecified atom stereocenters. The number of benzene rings is 2. The maximum atomic E-state index is 12.3. The van der Waals surface area contributed by atoms with E-state index in [2.05, 4.69) is 17.4 Å². The van der Waals surface area contributed by atoms with Crippen molar-refractivity contribution < 1.29 is 4.79 Å². The van der Waals surface area contributed by atoms with E-state index in [-0.39, 0.29) is 24.4 Å². The molecule has 0 aromatic heterocycles. The summed E-state index contributed by atoms with van der Waals surface area (Å²) in [7, 11) is 0. The minimum absolute atomic E-state index is 0. The van der Waals surface area contributed by atoms with Gasteiger partial charge in [-0.1, -0.05) is 30.3 Å². The molecule has 0 spiro atoms. The Morgan fingerprint density at radius 3 is 2.38 bits per heavy atom. The molecule has 1 amide bonds. The molecular formula is C19H23ClN2OS. The van der Waals surface area contributed by atoms with Crippen LogP contribution in [0.3, 0.4) is 0 Å². The van der Waals surface area contributed by atoms with E-state index in [9.17, 15) is 4.79 Å².